The Bertz CT molecular complexity index is 391. The molecule has 1 aromatic carbocycles. The molecule has 1 aromatic rings. The van der Waals surface area contributed by atoms with E-state index in [9.17, 15) is 0 Å². The highest BCUT2D eigenvalue weighted by Gasteiger charge is 2.09. The van der Waals surface area contributed by atoms with Crippen molar-refractivity contribution in [3.63, 3.8) is 0 Å². The van der Waals surface area contributed by atoms with Gasteiger partial charge in [0.25, 0.3) is 0 Å². The molecule has 0 aliphatic carbocycles. The predicted octanol–water partition coefficient (Wildman–Crippen LogP) is 4.08. The third kappa shape index (κ3) is 6.62. The molecule has 0 saturated heterocycles. The minimum atomic E-state index is 0.415. The van der Waals surface area contributed by atoms with Crippen LogP contribution in [0.1, 0.15) is 26.7 Å². The highest BCUT2D eigenvalue weighted by Crippen LogP contribution is 2.18. The van der Waals surface area contributed by atoms with Crippen molar-refractivity contribution < 1.29 is 14.2 Å². The van der Waals surface area contributed by atoms with Crippen LogP contribution in [-0.2, 0) is 4.74 Å². The first-order chi connectivity index (χ1) is 9.65. The summed E-state index contributed by atoms with van der Waals surface area (Å²) in [7, 11) is 3.40. The van der Waals surface area contributed by atoms with Gasteiger partial charge in [0.05, 0.1) is 20.3 Å². The first kappa shape index (κ1) is 16.6. The van der Waals surface area contributed by atoms with Crippen molar-refractivity contribution in [2.24, 2.45) is 5.92 Å². The van der Waals surface area contributed by atoms with Crippen LogP contribution in [0.2, 0.25) is 0 Å². The monoisotopic (exact) mass is 278 g/mol. The Morgan fingerprint density at radius 3 is 2.25 bits per heavy atom. The van der Waals surface area contributed by atoms with Crippen molar-refractivity contribution in [1.82, 2.24) is 0 Å². The van der Waals surface area contributed by atoms with Crippen molar-refractivity contribution in [2.75, 3.05) is 27.4 Å². The van der Waals surface area contributed by atoms with Gasteiger partial charge in [0.1, 0.15) is 11.5 Å². The lowest BCUT2D eigenvalue weighted by molar-refractivity contribution is 0.114. The molecule has 0 aromatic heterocycles. The van der Waals surface area contributed by atoms with Gasteiger partial charge in [0.2, 0.25) is 0 Å². The quantitative estimate of drug-likeness (QED) is 0.637. The maximum Gasteiger partial charge on any atom is 0.119 e. The highest BCUT2D eigenvalue weighted by molar-refractivity contribution is 5.31. The molecule has 0 radical (unpaired) electrons. The SMILES string of the molecule is COCC(CCC=C(C)C)COc1ccc(OC)cc1. The van der Waals surface area contributed by atoms with Gasteiger partial charge in [0.15, 0.2) is 0 Å². The van der Waals surface area contributed by atoms with Gasteiger partial charge in [-0.1, -0.05) is 11.6 Å². The fourth-order valence-corrected chi connectivity index (χ4v) is 1.94. The maximum absolute atomic E-state index is 5.82. The molecule has 0 heterocycles. The highest BCUT2D eigenvalue weighted by atomic mass is 16.5. The summed E-state index contributed by atoms with van der Waals surface area (Å²) in [5.41, 5.74) is 1.36. The van der Waals surface area contributed by atoms with Gasteiger partial charge in [0, 0.05) is 13.0 Å². The van der Waals surface area contributed by atoms with Gasteiger partial charge in [-0.05, 0) is 51.0 Å². The van der Waals surface area contributed by atoms with Gasteiger partial charge in [-0.2, -0.15) is 0 Å². The summed E-state index contributed by atoms with van der Waals surface area (Å²) in [5, 5.41) is 0. The normalized spacial score (nSPS) is 11.8. The predicted molar refractivity (Wildman–Crippen MR) is 82.5 cm³/mol. The molecule has 1 rings (SSSR count). The molecule has 3 heteroatoms. The van der Waals surface area contributed by atoms with E-state index in [2.05, 4.69) is 19.9 Å². The molecule has 20 heavy (non-hydrogen) atoms. The molecule has 0 aliphatic rings. The summed E-state index contributed by atoms with van der Waals surface area (Å²) >= 11 is 0. The Balaban J connectivity index is 2.42. The lowest BCUT2D eigenvalue weighted by Crippen LogP contribution is -2.17. The molecule has 3 nitrogen and oxygen atoms in total. The third-order valence-electron chi connectivity index (χ3n) is 3.08. The van der Waals surface area contributed by atoms with E-state index in [0.717, 1.165) is 30.9 Å². The third-order valence-corrected chi connectivity index (χ3v) is 3.08. The Kier molecular flexibility index (Phi) is 7.81. The van der Waals surface area contributed by atoms with Crippen LogP contribution in [0.25, 0.3) is 0 Å². The minimum absolute atomic E-state index is 0.415. The largest absolute Gasteiger partial charge is 0.497 e. The zero-order valence-corrected chi connectivity index (χ0v) is 13.0. The van der Waals surface area contributed by atoms with E-state index in [1.807, 2.05) is 24.3 Å². The van der Waals surface area contributed by atoms with E-state index >= 15 is 0 Å². The van der Waals surface area contributed by atoms with E-state index in [0.29, 0.717) is 12.5 Å². The number of rotatable bonds is 9. The van der Waals surface area contributed by atoms with Crippen molar-refractivity contribution in [3.8, 4) is 11.5 Å². The standard InChI is InChI=1S/C17H26O3/c1-14(2)6-5-7-15(12-18-3)13-20-17-10-8-16(19-4)9-11-17/h6,8-11,15H,5,7,12-13H2,1-4H3. The maximum atomic E-state index is 5.82. The van der Waals surface area contributed by atoms with Crippen molar-refractivity contribution in [3.05, 3.63) is 35.9 Å². The number of allylic oxidation sites excluding steroid dienone is 2. The van der Waals surface area contributed by atoms with Gasteiger partial charge in [-0.15, -0.1) is 0 Å². The molecule has 0 spiro atoms. The van der Waals surface area contributed by atoms with E-state index < -0.39 is 0 Å². The number of hydrogen-bond donors (Lipinski definition) is 0. The number of ether oxygens (including phenoxy) is 3. The Morgan fingerprint density at radius 2 is 1.70 bits per heavy atom. The van der Waals surface area contributed by atoms with Crippen LogP contribution in [0.15, 0.2) is 35.9 Å². The average Bonchev–Trinajstić information content (AvgIpc) is 2.45. The summed E-state index contributed by atoms with van der Waals surface area (Å²) in [6, 6.07) is 7.67. The molecule has 0 amide bonds. The van der Waals surface area contributed by atoms with Crippen LogP contribution in [-0.4, -0.2) is 27.4 Å². The van der Waals surface area contributed by atoms with Gasteiger partial charge >= 0.3 is 0 Å². The van der Waals surface area contributed by atoms with E-state index in [1.165, 1.54) is 5.57 Å². The molecular formula is C17H26O3. The summed E-state index contributed by atoms with van der Waals surface area (Å²) in [4.78, 5) is 0. The van der Waals surface area contributed by atoms with Crippen molar-refractivity contribution in [1.29, 1.82) is 0 Å². The summed E-state index contributed by atoms with van der Waals surface area (Å²) in [5.74, 6) is 2.13. The fourth-order valence-electron chi connectivity index (χ4n) is 1.94. The van der Waals surface area contributed by atoms with Gasteiger partial charge in [-0.25, -0.2) is 0 Å². The average molecular weight is 278 g/mol. The van der Waals surface area contributed by atoms with Crippen LogP contribution in [0.3, 0.4) is 0 Å². The number of benzene rings is 1. The summed E-state index contributed by atoms with van der Waals surface area (Å²) in [6.07, 6.45) is 4.41. The van der Waals surface area contributed by atoms with Gasteiger partial charge < -0.3 is 14.2 Å². The summed E-state index contributed by atoms with van der Waals surface area (Å²) < 4.78 is 16.2. The minimum Gasteiger partial charge on any atom is -0.497 e. The van der Waals surface area contributed by atoms with Gasteiger partial charge in [-0.3, -0.25) is 0 Å². The molecule has 0 saturated carbocycles. The molecule has 0 aliphatic heterocycles. The van der Waals surface area contributed by atoms with Crippen LogP contribution in [0.5, 0.6) is 11.5 Å². The molecule has 0 bridgehead atoms. The Morgan fingerprint density at radius 1 is 1.05 bits per heavy atom. The van der Waals surface area contributed by atoms with Crippen LogP contribution in [0.4, 0.5) is 0 Å². The van der Waals surface area contributed by atoms with Crippen LogP contribution >= 0.6 is 0 Å². The first-order valence-corrected chi connectivity index (χ1v) is 7.05. The molecule has 1 atom stereocenters. The number of methoxy groups -OCH3 is 2. The van der Waals surface area contributed by atoms with Crippen molar-refractivity contribution in [2.45, 2.75) is 26.7 Å². The summed E-state index contributed by atoms with van der Waals surface area (Å²) in [6.45, 7) is 5.65. The van der Waals surface area contributed by atoms with Crippen LogP contribution < -0.4 is 9.47 Å². The number of hydrogen-bond acceptors (Lipinski definition) is 3. The second kappa shape index (κ2) is 9.43. The van der Waals surface area contributed by atoms with Crippen molar-refractivity contribution >= 4 is 0 Å². The second-order valence-corrected chi connectivity index (χ2v) is 5.17. The topological polar surface area (TPSA) is 27.7 Å². The molecule has 112 valence electrons. The lowest BCUT2D eigenvalue weighted by atomic mass is 10.0. The zero-order chi connectivity index (χ0) is 14.8. The lowest BCUT2D eigenvalue weighted by Gasteiger charge is -2.16. The Hall–Kier alpha value is -1.48. The smallest absolute Gasteiger partial charge is 0.119 e. The fraction of sp³-hybridized carbons (Fsp3) is 0.529. The first-order valence-electron chi connectivity index (χ1n) is 7.05. The second-order valence-electron chi connectivity index (χ2n) is 5.17. The molecule has 0 N–H and O–H groups in total. The van der Waals surface area contributed by atoms with E-state index in [-0.39, 0.29) is 0 Å². The molecule has 1 unspecified atom stereocenters. The van der Waals surface area contributed by atoms with E-state index in [1.54, 1.807) is 14.2 Å². The van der Waals surface area contributed by atoms with Crippen LogP contribution in [0, 0.1) is 5.92 Å². The zero-order valence-electron chi connectivity index (χ0n) is 13.0. The molecular weight excluding hydrogens is 252 g/mol. The molecule has 0 fully saturated rings. The Labute approximate surface area is 122 Å². The van der Waals surface area contributed by atoms with E-state index in [4.69, 9.17) is 14.2 Å².